The number of benzene rings is 1. The van der Waals surface area contributed by atoms with E-state index < -0.39 is 0 Å². The van der Waals surface area contributed by atoms with Gasteiger partial charge < -0.3 is 19.9 Å². The minimum absolute atomic E-state index is 0. The molecule has 1 aliphatic carbocycles. The largest absolute Gasteiger partial charge is 0.379 e. The lowest BCUT2D eigenvalue weighted by Crippen LogP contribution is -2.40. The van der Waals surface area contributed by atoms with Crippen molar-refractivity contribution in [2.75, 3.05) is 54.0 Å². The zero-order valence-electron chi connectivity index (χ0n) is 17.6. The van der Waals surface area contributed by atoms with E-state index >= 15 is 0 Å². The van der Waals surface area contributed by atoms with Gasteiger partial charge in [-0.3, -0.25) is 9.79 Å². The van der Waals surface area contributed by atoms with Gasteiger partial charge in [-0.15, -0.1) is 24.0 Å². The summed E-state index contributed by atoms with van der Waals surface area (Å²) < 4.78 is 5.72. The van der Waals surface area contributed by atoms with E-state index in [4.69, 9.17) is 9.73 Å². The lowest BCUT2D eigenvalue weighted by molar-refractivity contribution is 0.0827. The molecule has 0 aromatic heterocycles. The molecule has 1 aliphatic rings. The fourth-order valence-corrected chi connectivity index (χ4v) is 2.72. The van der Waals surface area contributed by atoms with Gasteiger partial charge in [0.1, 0.15) is 0 Å². The molecule has 6 nitrogen and oxygen atoms in total. The monoisotopic (exact) mass is 502 g/mol. The maximum absolute atomic E-state index is 12.1. The number of hydrogen-bond donors (Lipinski definition) is 1. The first-order valence-electron chi connectivity index (χ1n) is 9.89. The number of carbonyl (C=O) groups excluding carboxylic acids is 1. The average molecular weight is 502 g/mol. The van der Waals surface area contributed by atoms with Crippen LogP contribution in [0.3, 0.4) is 0 Å². The lowest BCUT2D eigenvalue weighted by Gasteiger charge is -2.22. The van der Waals surface area contributed by atoms with Gasteiger partial charge in [-0.05, 0) is 49.8 Å². The summed E-state index contributed by atoms with van der Waals surface area (Å²) in [6, 6.07) is 7.80. The summed E-state index contributed by atoms with van der Waals surface area (Å²) in [6.07, 6.45) is 3.44. The van der Waals surface area contributed by atoms with Gasteiger partial charge >= 0.3 is 0 Å². The maximum atomic E-state index is 12.1. The Kier molecular flexibility index (Phi) is 11.4. The van der Waals surface area contributed by atoms with Crippen LogP contribution >= 0.6 is 24.0 Å². The summed E-state index contributed by atoms with van der Waals surface area (Å²) in [5.41, 5.74) is 1.84. The van der Waals surface area contributed by atoms with E-state index in [0.717, 1.165) is 55.7 Å². The number of ether oxygens (including phenoxy) is 1. The van der Waals surface area contributed by atoms with Gasteiger partial charge in [-0.2, -0.15) is 0 Å². The highest BCUT2D eigenvalue weighted by Crippen LogP contribution is 2.28. The average Bonchev–Trinajstić information content (AvgIpc) is 3.48. The highest BCUT2D eigenvalue weighted by molar-refractivity contribution is 14.0. The van der Waals surface area contributed by atoms with Crippen LogP contribution < -0.4 is 5.32 Å². The molecule has 0 atom stereocenters. The standard InChI is InChI=1S/C21H34N4O2.HI/c1-5-22-21(25(4)13-14-27-16-18-9-10-18)23-12-11-17-7-6-8-19(15-17)20(26)24(2)3;/h6-8,15,18H,5,9-14,16H2,1-4H3,(H,22,23);1H. The first kappa shape index (κ1) is 24.7. The van der Waals surface area contributed by atoms with Crippen molar-refractivity contribution in [2.24, 2.45) is 10.9 Å². The van der Waals surface area contributed by atoms with E-state index in [1.165, 1.54) is 12.8 Å². The maximum Gasteiger partial charge on any atom is 0.253 e. The van der Waals surface area contributed by atoms with Gasteiger partial charge in [-0.25, -0.2) is 0 Å². The van der Waals surface area contributed by atoms with Crippen molar-refractivity contribution in [3.05, 3.63) is 35.4 Å². The van der Waals surface area contributed by atoms with Crippen LogP contribution in [0.2, 0.25) is 0 Å². The van der Waals surface area contributed by atoms with E-state index in [1.54, 1.807) is 19.0 Å². The second kappa shape index (κ2) is 13.0. The summed E-state index contributed by atoms with van der Waals surface area (Å²) in [7, 11) is 5.58. The Labute approximate surface area is 186 Å². The smallest absolute Gasteiger partial charge is 0.253 e. The minimum atomic E-state index is 0. The molecule has 0 spiro atoms. The van der Waals surface area contributed by atoms with Crippen LogP contribution in [-0.4, -0.2) is 75.7 Å². The van der Waals surface area contributed by atoms with Crippen molar-refractivity contribution >= 4 is 35.8 Å². The number of aliphatic imine (C=N–C) groups is 1. The van der Waals surface area contributed by atoms with E-state index in [0.29, 0.717) is 6.54 Å². The van der Waals surface area contributed by atoms with E-state index in [1.807, 2.05) is 31.3 Å². The van der Waals surface area contributed by atoms with Gasteiger partial charge in [0, 0.05) is 52.9 Å². The van der Waals surface area contributed by atoms with Crippen molar-refractivity contribution in [3.63, 3.8) is 0 Å². The zero-order chi connectivity index (χ0) is 19.6. The quantitative estimate of drug-likeness (QED) is 0.232. The molecule has 1 fully saturated rings. The fourth-order valence-electron chi connectivity index (χ4n) is 2.72. The predicted octanol–water partition coefficient (Wildman–Crippen LogP) is 2.87. The van der Waals surface area contributed by atoms with Crippen LogP contribution in [0.1, 0.15) is 35.7 Å². The molecular weight excluding hydrogens is 467 g/mol. The predicted molar refractivity (Wildman–Crippen MR) is 126 cm³/mol. The minimum Gasteiger partial charge on any atom is -0.379 e. The Morgan fingerprint density at radius 3 is 2.68 bits per heavy atom. The third-order valence-electron chi connectivity index (χ3n) is 4.56. The molecule has 1 saturated carbocycles. The number of amides is 1. The topological polar surface area (TPSA) is 57.2 Å². The molecule has 1 aromatic carbocycles. The van der Waals surface area contributed by atoms with Crippen LogP contribution in [0.25, 0.3) is 0 Å². The summed E-state index contributed by atoms with van der Waals surface area (Å²) in [5.74, 6) is 1.72. The Morgan fingerprint density at radius 1 is 1.29 bits per heavy atom. The Morgan fingerprint density at radius 2 is 2.04 bits per heavy atom. The molecule has 158 valence electrons. The van der Waals surface area contributed by atoms with Gasteiger partial charge in [0.2, 0.25) is 0 Å². The second-order valence-corrected chi connectivity index (χ2v) is 7.33. The Hall–Kier alpha value is -1.35. The van der Waals surface area contributed by atoms with Crippen molar-refractivity contribution < 1.29 is 9.53 Å². The van der Waals surface area contributed by atoms with Crippen molar-refractivity contribution in [2.45, 2.75) is 26.2 Å². The SMILES string of the molecule is CCNC(=NCCc1cccc(C(=O)N(C)C)c1)N(C)CCOCC1CC1.I. The Bertz CT molecular complexity index is 633. The third kappa shape index (κ3) is 8.77. The molecule has 1 aromatic rings. The van der Waals surface area contributed by atoms with E-state index in [9.17, 15) is 4.79 Å². The molecule has 7 heteroatoms. The number of nitrogens with one attached hydrogen (secondary N) is 1. The number of nitrogens with zero attached hydrogens (tertiary/aromatic N) is 3. The summed E-state index contributed by atoms with van der Waals surface area (Å²) in [6.45, 7) is 6.03. The van der Waals surface area contributed by atoms with Gasteiger partial charge in [0.05, 0.1) is 6.61 Å². The number of halogens is 1. The molecule has 0 radical (unpaired) electrons. The molecule has 0 unspecified atom stereocenters. The number of guanidine groups is 1. The highest BCUT2D eigenvalue weighted by atomic mass is 127. The number of rotatable bonds is 10. The molecule has 0 bridgehead atoms. The first-order valence-corrected chi connectivity index (χ1v) is 9.89. The molecule has 1 amide bonds. The van der Waals surface area contributed by atoms with Crippen molar-refractivity contribution in [3.8, 4) is 0 Å². The first-order chi connectivity index (χ1) is 13.0. The zero-order valence-corrected chi connectivity index (χ0v) is 19.9. The molecule has 28 heavy (non-hydrogen) atoms. The van der Waals surface area contributed by atoms with Gasteiger partial charge in [0.25, 0.3) is 5.91 Å². The molecular formula is C21H35IN4O2. The Balaban J connectivity index is 0.00000392. The fraction of sp³-hybridized carbons (Fsp3) is 0.619. The summed E-state index contributed by atoms with van der Waals surface area (Å²) in [5, 5.41) is 3.33. The van der Waals surface area contributed by atoms with Crippen LogP contribution in [0.15, 0.2) is 29.3 Å². The molecule has 2 rings (SSSR count). The highest BCUT2D eigenvalue weighted by Gasteiger charge is 2.21. The van der Waals surface area contributed by atoms with E-state index in [-0.39, 0.29) is 29.9 Å². The molecule has 0 saturated heterocycles. The van der Waals surface area contributed by atoms with Crippen LogP contribution in [-0.2, 0) is 11.2 Å². The lowest BCUT2D eigenvalue weighted by atomic mass is 10.1. The molecule has 1 N–H and O–H groups in total. The van der Waals surface area contributed by atoms with Crippen molar-refractivity contribution in [1.82, 2.24) is 15.1 Å². The number of likely N-dealkylation sites (N-methyl/N-ethyl adjacent to an activating group) is 1. The van der Waals surface area contributed by atoms with E-state index in [2.05, 4.69) is 17.1 Å². The molecule has 0 heterocycles. The van der Waals surface area contributed by atoms with Crippen LogP contribution in [0.5, 0.6) is 0 Å². The third-order valence-corrected chi connectivity index (χ3v) is 4.56. The van der Waals surface area contributed by atoms with Gasteiger partial charge in [-0.1, -0.05) is 12.1 Å². The number of hydrogen-bond acceptors (Lipinski definition) is 3. The summed E-state index contributed by atoms with van der Waals surface area (Å²) in [4.78, 5) is 20.5. The summed E-state index contributed by atoms with van der Waals surface area (Å²) >= 11 is 0. The molecule has 0 aliphatic heterocycles. The normalized spacial score (nSPS) is 13.6. The van der Waals surface area contributed by atoms with Gasteiger partial charge in [0.15, 0.2) is 5.96 Å². The second-order valence-electron chi connectivity index (χ2n) is 7.33. The van der Waals surface area contributed by atoms with Crippen molar-refractivity contribution in [1.29, 1.82) is 0 Å². The van der Waals surface area contributed by atoms with Crippen LogP contribution in [0, 0.1) is 5.92 Å². The van der Waals surface area contributed by atoms with Crippen LogP contribution in [0.4, 0.5) is 0 Å². The number of carbonyl (C=O) groups is 1.